The molecule has 1 saturated heterocycles. The first-order chi connectivity index (χ1) is 10.5. The summed E-state index contributed by atoms with van der Waals surface area (Å²) in [5.41, 5.74) is 1.17. The van der Waals surface area contributed by atoms with Gasteiger partial charge in [-0.25, -0.2) is 0 Å². The molecule has 5 nitrogen and oxygen atoms in total. The molecule has 1 aliphatic rings. The van der Waals surface area contributed by atoms with Crippen LogP contribution in [0, 0.1) is 5.92 Å². The van der Waals surface area contributed by atoms with Gasteiger partial charge in [0.15, 0.2) is 0 Å². The second kappa shape index (κ2) is 7.29. The highest BCUT2D eigenvalue weighted by atomic mass is 16.5. The van der Waals surface area contributed by atoms with Crippen LogP contribution >= 0.6 is 0 Å². The lowest BCUT2D eigenvalue weighted by Gasteiger charge is -2.23. The Kier molecular flexibility index (Phi) is 5.41. The molecule has 0 saturated carbocycles. The third kappa shape index (κ3) is 3.78. The zero-order valence-electron chi connectivity index (χ0n) is 13.1. The molecule has 1 aromatic carbocycles. The number of carbonyl (C=O) groups is 2. The van der Waals surface area contributed by atoms with Gasteiger partial charge in [-0.1, -0.05) is 12.1 Å². The van der Waals surface area contributed by atoms with Crippen LogP contribution in [0.25, 0.3) is 0 Å². The van der Waals surface area contributed by atoms with E-state index in [-0.39, 0.29) is 11.9 Å². The highest BCUT2D eigenvalue weighted by Crippen LogP contribution is 2.25. The molecule has 0 bridgehead atoms. The Bertz CT molecular complexity index is 526. The number of ether oxygens (including phenoxy) is 1. The minimum Gasteiger partial charge on any atom is -0.497 e. The van der Waals surface area contributed by atoms with Gasteiger partial charge in [0.25, 0.3) is 0 Å². The summed E-state index contributed by atoms with van der Waals surface area (Å²) >= 11 is 0. The predicted octanol–water partition coefficient (Wildman–Crippen LogP) is 2.34. The van der Waals surface area contributed by atoms with E-state index in [0.717, 1.165) is 18.6 Å². The molecule has 2 atom stereocenters. The Hall–Kier alpha value is -2.04. The van der Waals surface area contributed by atoms with Gasteiger partial charge >= 0.3 is 5.97 Å². The van der Waals surface area contributed by atoms with Gasteiger partial charge in [-0.05, 0) is 43.9 Å². The molecule has 5 heteroatoms. The zero-order valence-corrected chi connectivity index (χ0v) is 13.1. The molecule has 1 amide bonds. The average Bonchev–Trinajstić information content (AvgIpc) is 2.90. The number of aliphatic carboxylic acids is 1. The van der Waals surface area contributed by atoms with Gasteiger partial charge in [-0.15, -0.1) is 0 Å². The Morgan fingerprint density at radius 2 is 2.00 bits per heavy atom. The summed E-state index contributed by atoms with van der Waals surface area (Å²) in [5.74, 6) is -0.346. The van der Waals surface area contributed by atoms with E-state index >= 15 is 0 Å². The average molecular weight is 305 g/mol. The molecule has 0 aliphatic carbocycles. The van der Waals surface area contributed by atoms with Gasteiger partial charge in [0, 0.05) is 19.0 Å². The van der Waals surface area contributed by atoms with Crippen LogP contribution in [0.4, 0.5) is 0 Å². The van der Waals surface area contributed by atoms with Crippen LogP contribution in [0.15, 0.2) is 24.3 Å². The van der Waals surface area contributed by atoms with Gasteiger partial charge < -0.3 is 14.7 Å². The topological polar surface area (TPSA) is 66.8 Å². The molecule has 120 valence electrons. The van der Waals surface area contributed by atoms with E-state index in [9.17, 15) is 9.59 Å². The number of hydrogen-bond donors (Lipinski definition) is 1. The molecule has 2 rings (SSSR count). The summed E-state index contributed by atoms with van der Waals surface area (Å²) in [6, 6.07) is 7.63. The molecule has 1 fully saturated rings. The van der Waals surface area contributed by atoms with Crippen LogP contribution in [0.5, 0.6) is 5.75 Å². The number of likely N-dealkylation sites (tertiary alicyclic amines) is 1. The zero-order chi connectivity index (χ0) is 16.1. The SMILES string of the molecule is COc1ccc(CCCC(=O)N2CCC(C(=O)O)C2C)cc1. The van der Waals surface area contributed by atoms with E-state index in [1.165, 1.54) is 5.56 Å². The molecule has 22 heavy (non-hydrogen) atoms. The number of methoxy groups -OCH3 is 1. The second-order valence-corrected chi connectivity index (χ2v) is 5.76. The van der Waals surface area contributed by atoms with Crippen molar-refractivity contribution in [3.63, 3.8) is 0 Å². The van der Waals surface area contributed by atoms with Crippen LogP contribution in [-0.2, 0) is 16.0 Å². The molecular formula is C17H23NO4. The van der Waals surface area contributed by atoms with Crippen molar-refractivity contribution in [3.05, 3.63) is 29.8 Å². The standard InChI is InChI=1S/C17H23NO4/c1-12-15(17(20)21)10-11-18(12)16(19)5-3-4-13-6-8-14(22-2)9-7-13/h6-9,12,15H,3-5,10-11H2,1-2H3,(H,20,21). The molecule has 0 radical (unpaired) electrons. The first-order valence-electron chi connectivity index (χ1n) is 7.68. The summed E-state index contributed by atoms with van der Waals surface area (Å²) in [6.45, 7) is 2.38. The van der Waals surface area contributed by atoms with E-state index in [0.29, 0.717) is 19.4 Å². The number of carbonyl (C=O) groups excluding carboxylic acids is 1. The predicted molar refractivity (Wildman–Crippen MR) is 82.8 cm³/mol. The van der Waals surface area contributed by atoms with E-state index in [4.69, 9.17) is 9.84 Å². The minimum atomic E-state index is -0.805. The number of benzene rings is 1. The summed E-state index contributed by atoms with van der Waals surface area (Å²) in [7, 11) is 1.63. The summed E-state index contributed by atoms with van der Waals surface area (Å²) in [4.78, 5) is 25.0. The molecule has 1 heterocycles. The van der Waals surface area contributed by atoms with Crippen molar-refractivity contribution in [2.75, 3.05) is 13.7 Å². The lowest BCUT2D eigenvalue weighted by molar-refractivity contribution is -0.143. The molecule has 1 aromatic rings. The van der Waals surface area contributed by atoms with E-state index in [2.05, 4.69) is 0 Å². The molecular weight excluding hydrogens is 282 g/mol. The summed E-state index contributed by atoms with van der Waals surface area (Å²) in [5, 5.41) is 9.10. The number of carboxylic acids is 1. The molecule has 0 aromatic heterocycles. The van der Waals surface area contributed by atoms with Crippen LogP contribution in [-0.4, -0.2) is 41.6 Å². The van der Waals surface area contributed by atoms with Crippen molar-refractivity contribution >= 4 is 11.9 Å². The fraction of sp³-hybridized carbons (Fsp3) is 0.529. The monoisotopic (exact) mass is 305 g/mol. The number of amides is 1. The van der Waals surface area contributed by atoms with Gasteiger partial charge in [0.05, 0.1) is 13.0 Å². The highest BCUT2D eigenvalue weighted by Gasteiger charge is 2.37. The van der Waals surface area contributed by atoms with Crippen LogP contribution < -0.4 is 4.74 Å². The Labute approximate surface area is 130 Å². The maximum Gasteiger partial charge on any atom is 0.308 e. The third-order valence-electron chi connectivity index (χ3n) is 4.41. The fourth-order valence-electron chi connectivity index (χ4n) is 3.00. The lowest BCUT2D eigenvalue weighted by atomic mass is 10.0. The van der Waals surface area contributed by atoms with Gasteiger partial charge in [-0.3, -0.25) is 9.59 Å². The molecule has 0 spiro atoms. The number of nitrogens with zero attached hydrogens (tertiary/aromatic N) is 1. The number of carboxylic acid groups (broad SMARTS) is 1. The number of hydrogen-bond acceptors (Lipinski definition) is 3. The maximum absolute atomic E-state index is 12.2. The second-order valence-electron chi connectivity index (χ2n) is 5.76. The minimum absolute atomic E-state index is 0.0600. The van der Waals surface area contributed by atoms with Crippen molar-refractivity contribution in [1.82, 2.24) is 4.90 Å². The highest BCUT2D eigenvalue weighted by molar-refractivity contribution is 5.79. The smallest absolute Gasteiger partial charge is 0.308 e. The van der Waals surface area contributed by atoms with Crippen LogP contribution in [0.3, 0.4) is 0 Å². The van der Waals surface area contributed by atoms with Gasteiger partial charge in [-0.2, -0.15) is 0 Å². The van der Waals surface area contributed by atoms with Crippen molar-refractivity contribution in [1.29, 1.82) is 0 Å². The summed E-state index contributed by atoms with van der Waals surface area (Å²) in [6.07, 6.45) is 2.62. The largest absolute Gasteiger partial charge is 0.497 e. The van der Waals surface area contributed by atoms with Crippen molar-refractivity contribution in [2.24, 2.45) is 5.92 Å². The normalized spacial score (nSPS) is 20.9. The van der Waals surface area contributed by atoms with E-state index < -0.39 is 11.9 Å². The Morgan fingerprint density at radius 3 is 2.55 bits per heavy atom. The molecule has 1 aliphatic heterocycles. The third-order valence-corrected chi connectivity index (χ3v) is 4.41. The van der Waals surface area contributed by atoms with E-state index in [1.807, 2.05) is 31.2 Å². The fourth-order valence-corrected chi connectivity index (χ4v) is 3.00. The Morgan fingerprint density at radius 1 is 1.32 bits per heavy atom. The lowest BCUT2D eigenvalue weighted by Crippen LogP contribution is -2.37. The number of aryl methyl sites for hydroxylation is 1. The molecule has 1 N–H and O–H groups in total. The van der Waals surface area contributed by atoms with Crippen LogP contribution in [0.1, 0.15) is 31.7 Å². The number of rotatable bonds is 6. The van der Waals surface area contributed by atoms with Crippen molar-refractivity contribution in [2.45, 2.75) is 38.6 Å². The quantitative estimate of drug-likeness (QED) is 0.876. The van der Waals surface area contributed by atoms with Crippen molar-refractivity contribution in [3.8, 4) is 5.75 Å². The Balaban J connectivity index is 1.79. The van der Waals surface area contributed by atoms with Gasteiger partial charge in [0.1, 0.15) is 5.75 Å². The maximum atomic E-state index is 12.2. The first kappa shape index (κ1) is 16.3. The molecule has 2 unspecified atom stereocenters. The van der Waals surface area contributed by atoms with Crippen LogP contribution in [0.2, 0.25) is 0 Å². The van der Waals surface area contributed by atoms with Gasteiger partial charge in [0.2, 0.25) is 5.91 Å². The van der Waals surface area contributed by atoms with Crippen molar-refractivity contribution < 1.29 is 19.4 Å². The summed E-state index contributed by atoms with van der Waals surface area (Å²) < 4.78 is 5.11. The first-order valence-corrected chi connectivity index (χ1v) is 7.68. The van der Waals surface area contributed by atoms with E-state index in [1.54, 1.807) is 12.0 Å².